The summed E-state index contributed by atoms with van der Waals surface area (Å²) in [4.78, 5) is 38.0. The molecule has 1 aliphatic carbocycles. The predicted octanol–water partition coefficient (Wildman–Crippen LogP) is 1.53. The van der Waals surface area contributed by atoms with Gasteiger partial charge in [-0.15, -0.1) is 0 Å². The molecule has 7 nitrogen and oxygen atoms in total. The number of amides is 2. The molecule has 0 radical (unpaired) electrons. The van der Waals surface area contributed by atoms with Gasteiger partial charge in [-0.25, -0.2) is 4.79 Å². The lowest BCUT2D eigenvalue weighted by Gasteiger charge is -2.32. The second-order valence-corrected chi connectivity index (χ2v) is 7.06. The molecule has 3 N–H and O–H groups in total. The van der Waals surface area contributed by atoms with E-state index in [0.717, 1.165) is 25.7 Å². The number of fused-ring (bicyclic) bond motifs is 1. The number of nitrogens with one attached hydrogen (secondary N) is 1. The summed E-state index contributed by atoms with van der Waals surface area (Å²) in [5, 5.41) is 2.80. The van der Waals surface area contributed by atoms with Gasteiger partial charge in [-0.3, -0.25) is 14.5 Å². The number of benzene rings is 1. The molecule has 0 unspecified atom stereocenters. The first-order chi connectivity index (χ1) is 12.5. The second kappa shape index (κ2) is 7.86. The Kier molecular flexibility index (Phi) is 5.56. The number of nitrogens with zero attached hydrogens (tertiary/aromatic N) is 1. The number of carbonyl (C=O) groups is 3. The molecular formula is C19H25N3O4. The highest BCUT2D eigenvalue weighted by Crippen LogP contribution is 2.39. The maximum Gasteiger partial charge on any atom is 0.337 e. The minimum absolute atomic E-state index is 0.122. The molecule has 1 saturated carbocycles. The molecule has 3 atom stereocenters. The van der Waals surface area contributed by atoms with Crippen molar-refractivity contribution in [1.29, 1.82) is 0 Å². The first kappa shape index (κ1) is 18.4. The quantitative estimate of drug-likeness (QED) is 0.776. The van der Waals surface area contributed by atoms with E-state index in [1.807, 2.05) is 4.90 Å². The normalized spacial score (nSPS) is 25.3. The van der Waals surface area contributed by atoms with Crippen LogP contribution in [0.3, 0.4) is 0 Å². The van der Waals surface area contributed by atoms with Crippen LogP contribution < -0.4 is 11.1 Å². The van der Waals surface area contributed by atoms with E-state index in [9.17, 15) is 14.4 Å². The summed E-state index contributed by atoms with van der Waals surface area (Å²) in [5.41, 5.74) is 6.47. The van der Waals surface area contributed by atoms with Crippen molar-refractivity contribution < 1.29 is 19.1 Å². The van der Waals surface area contributed by atoms with Crippen LogP contribution in [-0.4, -0.2) is 48.4 Å². The zero-order valence-electron chi connectivity index (χ0n) is 14.9. The number of nitrogens with two attached hydrogens (primary N) is 1. The van der Waals surface area contributed by atoms with Gasteiger partial charge in [0.2, 0.25) is 11.8 Å². The standard InChI is InChI=1S/C19H25N3O4/c1-26-19(25)13-6-4-7-14(9-13)21-17(23)11-22-15-8-3-2-5-12(15)10-16(22)18(20)24/h4,6-7,9,12,15-16H,2-3,5,8,10-11H2,1H3,(H2,20,24)(H,21,23)/t12-,15+,16-/m0/s1. The Bertz CT molecular complexity index is 706. The first-order valence-corrected chi connectivity index (χ1v) is 9.03. The molecule has 3 rings (SSSR count). The zero-order chi connectivity index (χ0) is 18.7. The molecule has 2 amide bonds. The van der Waals surface area contributed by atoms with Crippen molar-refractivity contribution in [1.82, 2.24) is 4.90 Å². The monoisotopic (exact) mass is 359 g/mol. The number of methoxy groups -OCH3 is 1. The molecule has 0 spiro atoms. The zero-order valence-corrected chi connectivity index (χ0v) is 14.9. The van der Waals surface area contributed by atoms with Gasteiger partial charge < -0.3 is 15.8 Å². The van der Waals surface area contributed by atoms with Crippen LogP contribution in [0.1, 0.15) is 42.5 Å². The van der Waals surface area contributed by atoms with E-state index in [4.69, 9.17) is 10.5 Å². The van der Waals surface area contributed by atoms with Crippen molar-refractivity contribution in [3.05, 3.63) is 29.8 Å². The van der Waals surface area contributed by atoms with Crippen molar-refractivity contribution in [3.8, 4) is 0 Å². The van der Waals surface area contributed by atoms with Gasteiger partial charge in [-0.1, -0.05) is 18.9 Å². The Hall–Kier alpha value is -2.41. The fourth-order valence-electron chi connectivity index (χ4n) is 4.27. The van der Waals surface area contributed by atoms with Gasteiger partial charge in [0.05, 0.1) is 25.3 Å². The van der Waals surface area contributed by atoms with Gasteiger partial charge in [0.1, 0.15) is 0 Å². The topological polar surface area (TPSA) is 102 Å². The van der Waals surface area contributed by atoms with Crippen molar-refractivity contribution in [2.24, 2.45) is 11.7 Å². The summed E-state index contributed by atoms with van der Waals surface area (Å²) >= 11 is 0. The summed E-state index contributed by atoms with van der Waals surface area (Å²) in [5.74, 6) is -0.597. The average Bonchev–Trinajstić information content (AvgIpc) is 3.00. The van der Waals surface area contributed by atoms with Gasteiger partial charge in [-0.05, 0) is 43.4 Å². The van der Waals surface area contributed by atoms with E-state index in [1.54, 1.807) is 24.3 Å². The molecule has 1 heterocycles. The van der Waals surface area contributed by atoms with Crippen molar-refractivity contribution in [2.45, 2.75) is 44.2 Å². The number of anilines is 1. The fourth-order valence-corrected chi connectivity index (χ4v) is 4.27. The van der Waals surface area contributed by atoms with E-state index < -0.39 is 5.97 Å². The smallest absolute Gasteiger partial charge is 0.337 e. The number of esters is 1. The highest BCUT2D eigenvalue weighted by atomic mass is 16.5. The van der Waals surface area contributed by atoms with Crippen LogP contribution in [0.5, 0.6) is 0 Å². The maximum absolute atomic E-state index is 12.5. The third-order valence-corrected chi connectivity index (χ3v) is 5.44. The number of rotatable bonds is 5. The van der Waals surface area contributed by atoms with Crippen LogP contribution in [0.4, 0.5) is 5.69 Å². The number of carbonyl (C=O) groups excluding carboxylic acids is 3. The van der Waals surface area contributed by atoms with Crippen LogP contribution >= 0.6 is 0 Å². The van der Waals surface area contributed by atoms with E-state index in [0.29, 0.717) is 17.2 Å². The van der Waals surface area contributed by atoms with E-state index in [-0.39, 0.29) is 30.4 Å². The summed E-state index contributed by atoms with van der Waals surface area (Å²) < 4.78 is 4.69. The van der Waals surface area contributed by atoms with Crippen LogP contribution in [0.25, 0.3) is 0 Å². The minimum atomic E-state index is -0.459. The van der Waals surface area contributed by atoms with Gasteiger partial charge in [0, 0.05) is 11.7 Å². The Balaban J connectivity index is 1.68. The molecule has 2 fully saturated rings. The highest BCUT2D eigenvalue weighted by molar-refractivity contribution is 5.95. The third-order valence-electron chi connectivity index (χ3n) is 5.44. The van der Waals surface area contributed by atoms with Gasteiger partial charge in [0.15, 0.2) is 0 Å². The van der Waals surface area contributed by atoms with Crippen LogP contribution in [0.2, 0.25) is 0 Å². The molecule has 1 aliphatic heterocycles. The molecule has 140 valence electrons. The van der Waals surface area contributed by atoms with Crippen LogP contribution in [0.15, 0.2) is 24.3 Å². The van der Waals surface area contributed by atoms with Crippen molar-refractivity contribution in [3.63, 3.8) is 0 Å². The Morgan fingerprint density at radius 3 is 2.77 bits per heavy atom. The van der Waals surface area contributed by atoms with Gasteiger partial charge >= 0.3 is 5.97 Å². The average molecular weight is 359 g/mol. The van der Waals surface area contributed by atoms with Crippen LogP contribution in [-0.2, 0) is 14.3 Å². The SMILES string of the molecule is COC(=O)c1cccc(NC(=O)CN2[C@@H]3CCCC[C@H]3C[C@H]2C(N)=O)c1. The molecule has 1 aromatic rings. The molecule has 26 heavy (non-hydrogen) atoms. The van der Waals surface area contributed by atoms with E-state index in [2.05, 4.69) is 5.32 Å². The Morgan fingerprint density at radius 2 is 2.04 bits per heavy atom. The van der Waals surface area contributed by atoms with Gasteiger partial charge in [-0.2, -0.15) is 0 Å². The van der Waals surface area contributed by atoms with Crippen molar-refractivity contribution >= 4 is 23.5 Å². The Morgan fingerprint density at radius 1 is 1.27 bits per heavy atom. The van der Waals surface area contributed by atoms with Crippen molar-refractivity contribution in [2.75, 3.05) is 19.0 Å². The molecular weight excluding hydrogens is 334 g/mol. The highest BCUT2D eigenvalue weighted by Gasteiger charge is 2.44. The summed E-state index contributed by atoms with van der Waals surface area (Å²) in [7, 11) is 1.31. The van der Waals surface area contributed by atoms with Gasteiger partial charge in [0.25, 0.3) is 0 Å². The Labute approximate surface area is 152 Å². The summed E-state index contributed by atoms with van der Waals surface area (Å²) in [6.07, 6.45) is 5.12. The number of primary amides is 1. The minimum Gasteiger partial charge on any atom is -0.465 e. The molecule has 7 heteroatoms. The molecule has 0 aromatic heterocycles. The summed E-state index contributed by atoms with van der Waals surface area (Å²) in [6, 6.07) is 6.45. The lowest BCUT2D eigenvalue weighted by atomic mass is 9.84. The maximum atomic E-state index is 12.5. The molecule has 1 aromatic carbocycles. The number of ether oxygens (including phenoxy) is 1. The predicted molar refractivity (Wildman–Crippen MR) is 96.5 cm³/mol. The second-order valence-electron chi connectivity index (χ2n) is 7.06. The summed E-state index contributed by atoms with van der Waals surface area (Å²) in [6.45, 7) is 0.122. The largest absolute Gasteiger partial charge is 0.465 e. The number of likely N-dealkylation sites (tertiary alicyclic amines) is 1. The molecule has 0 bridgehead atoms. The first-order valence-electron chi connectivity index (χ1n) is 9.03. The fraction of sp³-hybridized carbons (Fsp3) is 0.526. The third kappa shape index (κ3) is 3.88. The number of hydrogen-bond donors (Lipinski definition) is 2. The lowest BCUT2D eigenvalue weighted by Crippen LogP contribution is -2.48. The number of hydrogen-bond acceptors (Lipinski definition) is 5. The molecule has 2 aliphatic rings. The molecule has 1 saturated heterocycles. The van der Waals surface area contributed by atoms with E-state index >= 15 is 0 Å². The van der Waals surface area contributed by atoms with Crippen LogP contribution in [0, 0.1) is 5.92 Å². The lowest BCUT2D eigenvalue weighted by molar-refractivity contribution is -0.124. The van der Waals surface area contributed by atoms with E-state index in [1.165, 1.54) is 13.5 Å².